The summed E-state index contributed by atoms with van der Waals surface area (Å²) in [5.41, 5.74) is -0.625. The van der Waals surface area contributed by atoms with Crippen molar-refractivity contribution in [1.29, 1.82) is 0 Å². The molecule has 18 heavy (non-hydrogen) atoms. The molecule has 0 aromatic carbocycles. The zero-order chi connectivity index (χ0) is 12.8. The number of carbonyl (C=O) groups excluding carboxylic acids is 1. The van der Waals surface area contributed by atoms with Crippen molar-refractivity contribution in [2.45, 2.75) is 76.2 Å². The highest BCUT2D eigenvalue weighted by Gasteiger charge is 2.29. The second-order valence-corrected chi connectivity index (χ2v) is 6.27. The summed E-state index contributed by atoms with van der Waals surface area (Å²) < 4.78 is 0. The van der Waals surface area contributed by atoms with Crippen molar-refractivity contribution in [3.8, 4) is 0 Å². The first kappa shape index (κ1) is 13.9. The molecule has 2 fully saturated rings. The van der Waals surface area contributed by atoms with E-state index in [0.717, 1.165) is 25.7 Å². The van der Waals surface area contributed by atoms with Crippen LogP contribution in [-0.4, -0.2) is 23.2 Å². The summed E-state index contributed by atoms with van der Waals surface area (Å²) in [5, 5.41) is 13.3. The van der Waals surface area contributed by atoms with Gasteiger partial charge in [-0.2, -0.15) is 0 Å². The Bertz CT molecular complexity index is 266. The molecule has 2 N–H and O–H groups in total. The Balaban J connectivity index is 1.67. The second kappa shape index (κ2) is 6.55. The zero-order valence-electron chi connectivity index (χ0n) is 11.4. The molecule has 3 nitrogen and oxygen atoms in total. The summed E-state index contributed by atoms with van der Waals surface area (Å²) >= 11 is 0. The third kappa shape index (κ3) is 4.27. The van der Waals surface area contributed by atoms with Gasteiger partial charge in [-0.25, -0.2) is 0 Å². The van der Waals surface area contributed by atoms with Crippen molar-refractivity contribution in [1.82, 2.24) is 5.32 Å². The lowest BCUT2D eigenvalue weighted by atomic mass is 9.84. The standard InChI is InChI=1S/C15H27NO2/c17-14(11-13-7-3-1-4-8-13)16-12-15(18)9-5-2-6-10-15/h13,18H,1-12H2,(H,16,17). The highest BCUT2D eigenvalue weighted by atomic mass is 16.3. The van der Waals surface area contributed by atoms with Crippen molar-refractivity contribution < 1.29 is 9.90 Å². The van der Waals surface area contributed by atoms with Gasteiger partial charge in [0.25, 0.3) is 0 Å². The number of amides is 1. The minimum Gasteiger partial charge on any atom is -0.388 e. The fraction of sp³-hybridized carbons (Fsp3) is 0.933. The molecule has 1 amide bonds. The zero-order valence-corrected chi connectivity index (χ0v) is 11.4. The third-order valence-corrected chi connectivity index (χ3v) is 4.60. The molecule has 104 valence electrons. The van der Waals surface area contributed by atoms with Gasteiger partial charge < -0.3 is 10.4 Å². The highest BCUT2D eigenvalue weighted by Crippen LogP contribution is 2.28. The fourth-order valence-corrected chi connectivity index (χ4v) is 3.38. The van der Waals surface area contributed by atoms with Crippen LogP contribution in [0.3, 0.4) is 0 Å². The summed E-state index contributed by atoms with van der Waals surface area (Å²) in [4.78, 5) is 11.9. The van der Waals surface area contributed by atoms with Crippen molar-refractivity contribution in [2.24, 2.45) is 5.92 Å². The lowest BCUT2D eigenvalue weighted by Gasteiger charge is -2.32. The summed E-state index contributed by atoms with van der Waals surface area (Å²) in [6, 6.07) is 0. The Kier molecular flexibility index (Phi) is 5.04. The number of aliphatic hydroxyl groups is 1. The summed E-state index contributed by atoms with van der Waals surface area (Å²) in [6.45, 7) is 0.457. The van der Waals surface area contributed by atoms with E-state index in [1.165, 1.54) is 38.5 Å². The molecule has 0 saturated heterocycles. The van der Waals surface area contributed by atoms with Gasteiger partial charge in [-0.1, -0.05) is 38.5 Å². The molecule has 0 aromatic heterocycles. The van der Waals surface area contributed by atoms with E-state index in [9.17, 15) is 9.90 Å². The Morgan fingerprint density at radius 2 is 1.67 bits per heavy atom. The van der Waals surface area contributed by atoms with E-state index >= 15 is 0 Å². The van der Waals surface area contributed by atoms with Crippen molar-refractivity contribution in [3.05, 3.63) is 0 Å². The van der Waals surface area contributed by atoms with Gasteiger partial charge in [0.15, 0.2) is 0 Å². The first-order valence-electron chi connectivity index (χ1n) is 7.67. The van der Waals surface area contributed by atoms with Gasteiger partial charge in [0.05, 0.1) is 5.60 Å². The molecule has 2 rings (SSSR count). The Labute approximate surface area is 110 Å². The largest absolute Gasteiger partial charge is 0.388 e. The Morgan fingerprint density at radius 3 is 2.33 bits per heavy atom. The maximum atomic E-state index is 11.9. The second-order valence-electron chi connectivity index (χ2n) is 6.27. The molecule has 0 atom stereocenters. The predicted octanol–water partition coefficient (Wildman–Crippen LogP) is 2.77. The van der Waals surface area contributed by atoms with Gasteiger partial charge in [-0.3, -0.25) is 4.79 Å². The first-order valence-corrected chi connectivity index (χ1v) is 7.67. The van der Waals surface area contributed by atoms with Gasteiger partial charge in [-0.05, 0) is 31.6 Å². The van der Waals surface area contributed by atoms with Gasteiger partial charge in [0.2, 0.25) is 5.91 Å². The SMILES string of the molecule is O=C(CC1CCCCC1)NCC1(O)CCCCC1. The van der Waals surface area contributed by atoms with Gasteiger partial charge in [0.1, 0.15) is 0 Å². The topological polar surface area (TPSA) is 49.3 Å². The molecule has 0 radical (unpaired) electrons. The molecule has 0 spiro atoms. The molecule has 3 heteroatoms. The van der Waals surface area contributed by atoms with Crippen LogP contribution in [0.4, 0.5) is 0 Å². The monoisotopic (exact) mass is 253 g/mol. The maximum absolute atomic E-state index is 11.9. The predicted molar refractivity (Wildman–Crippen MR) is 72.2 cm³/mol. The van der Waals surface area contributed by atoms with E-state index in [1.54, 1.807) is 0 Å². The van der Waals surface area contributed by atoms with E-state index in [0.29, 0.717) is 18.9 Å². The van der Waals surface area contributed by atoms with Crippen LogP contribution in [0.1, 0.15) is 70.6 Å². The van der Waals surface area contributed by atoms with Crippen molar-refractivity contribution in [2.75, 3.05) is 6.54 Å². The lowest BCUT2D eigenvalue weighted by Crippen LogP contribution is -2.44. The molecule has 0 heterocycles. The average molecular weight is 253 g/mol. The van der Waals surface area contributed by atoms with Crippen molar-refractivity contribution >= 4 is 5.91 Å². The van der Waals surface area contributed by atoms with Crippen LogP contribution >= 0.6 is 0 Å². The van der Waals surface area contributed by atoms with E-state index in [-0.39, 0.29) is 5.91 Å². The van der Waals surface area contributed by atoms with Crippen LogP contribution in [0.15, 0.2) is 0 Å². The summed E-state index contributed by atoms with van der Waals surface area (Å²) in [6.07, 6.45) is 12.1. The molecule has 0 aromatic rings. The molecule has 0 aliphatic heterocycles. The quantitative estimate of drug-likeness (QED) is 0.809. The van der Waals surface area contributed by atoms with E-state index < -0.39 is 5.60 Å². The minimum atomic E-state index is -0.625. The molecule has 2 aliphatic rings. The average Bonchev–Trinajstić information content (AvgIpc) is 2.39. The van der Waals surface area contributed by atoms with Crippen LogP contribution in [0, 0.1) is 5.92 Å². The molecular weight excluding hydrogens is 226 g/mol. The number of nitrogens with one attached hydrogen (secondary N) is 1. The van der Waals surface area contributed by atoms with Gasteiger partial charge in [-0.15, -0.1) is 0 Å². The van der Waals surface area contributed by atoms with Crippen LogP contribution in [0.2, 0.25) is 0 Å². The molecule has 0 unspecified atom stereocenters. The van der Waals surface area contributed by atoms with E-state index in [4.69, 9.17) is 0 Å². The summed E-state index contributed by atoms with van der Waals surface area (Å²) in [7, 11) is 0. The van der Waals surface area contributed by atoms with Gasteiger partial charge in [0, 0.05) is 13.0 Å². The molecular formula is C15H27NO2. The number of hydrogen-bond donors (Lipinski definition) is 2. The Hall–Kier alpha value is -0.570. The molecule has 2 saturated carbocycles. The first-order chi connectivity index (χ1) is 8.68. The van der Waals surface area contributed by atoms with E-state index in [1.807, 2.05) is 0 Å². The van der Waals surface area contributed by atoms with Gasteiger partial charge >= 0.3 is 0 Å². The number of hydrogen-bond acceptors (Lipinski definition) is 2. The highest BCUT2D eigenvalue weighted by molar-refractivity contribution is 5.76. The maximum Gasteiger partial charge on any atom is 0.220 e. The molecule has 0 bridgehead atoms. The lowest BCUT2D eigenvalue weighted by molar-refractivity contribution is -0.123. The minimum absolute atomic E-state index is 0.140. The van der Waals surface area contributed by atoms with E-state index in [2.05, 4.69) is 5.32 Å². The third-order valence-electron chi connectivity index (χ3n) is 4.60. The van der Waals surface area contributed by atoms with Crippen LogP contribution in [0.25, 0.3) is 0 Å². The van der Waals surface area contributed by atoms with Crippen LogP contribution < -0.4 is 5.32 Å². The molecule has 2 aliphatic carbocycles. The van der Waals surface area contributed by atoms with Crippen LogP contribution in [-0.2, 0) is 4.79 Å². The van der Waals surface area contributed by atoms with Crippen molar-refractivity contribution in [3.63, 3.8) is 0 Å². The fourth-order valence-electron chi connectivity index (χ4n) is 3.38. The number of rotatable bonds is 4. The number of carbonyl (C=O) groups is 1. The smallest absolute Gasteiger partial charge is 0.220 e. The normalized spacial score (nSPS) is 24.7. The summed E-state index contributed by atoms with van der Waals surface area (Å²) in [5.74, 6) is 0.723. The van der Waals surface area contributed by atoms with Crippen LogP contribution in [0.5, 0.6) is 0 Å². The Morgan fingerprint density at radius 1 is 1.06 bits per heavy atom.